The average Bonchev–Trinajstić information content (AvgIpc) is 3.20. The van der Waals surface area contributed by atoms with Crippen LogP contribution >= 0.6 is 0 Å². The van der Waals surface area contributed by atoms with Gasteiger partial charge in [0.25, 0.3) is 5.91 Å². The fraction of sp³-hybridized carbons (Fsp3) is 0.200. The van der Waals surface area contributed by atoms with Crippen LogP contribution in [0.5, 0.6) is 0 Å². The molecule has 2 aromatic rings. The first kappa shape index (κ1) is 12.7. The second kappa shape index (κ2) is 4.67. The topological polar surface area (TPSA) is 42.0 Å². The van der Waals surface area contributed by atoms with Crippen LogP contribution in [0.1, 0.15) is 28.9 Å². The Kier molecular flexibility index (Phi) is 2.97. The number of rotatable bonds is 3. The Morgan fingerprint density at radius 1 is 1.10 bits per heavy atom. The molecule has 1 heterocycles. The van der Waals surface area contributed by atoms with Crippen LogP contribution in [-0.4, -0.2) is 10.9 Å². The molecule has 1 aromatic heterocycles. The molecule has 1 aliphatic rings. The lowest BCUT2D eigenvalue weighted by Gasteiger charge is -2.18. The highest BCUT2D eigenvalue weighted by molar-refractivity contribution is 5.93. The Labute approximate surface area is 114 Å². The lowest BCUT2D eigenvalue weighted by atomic mass is 10.0. The van der Waals surface area contributed by atoms with Gasteiger partial charge in [-0.3, -0.25) is 4.79 Å². The van der Waals surface area contributed by atoms with E-state index in [1.54, 1.807) is 18.2 Å². The van der Waals surface area contributed by atoms with Gasteiger partial charge in [-0.15, -0.1) is 0 Å². The van der Waals surface area contributed by atoms with Gasteiger partial charge >= 0.3 is 0 Å². The molecule has 102 valence electrons. The van der Waals surface area contributed by atoms with Crippen molar-refractivity contribution in [2.75, 3.05) is 0 Å². The zero-order valence-electron chi connectivity index (χ0n) is 10.6. The first-order chi connectivity index (χ1) is 9.62. The number of carbonyl (C=O) groups is 1. The number of amides is 1. The molecule has 0 bridgehead atoms. The molecular formula is C15H12F2N2O. The van der Waals surface area contributed by atoms with Gasteiger partial charge < -0.3 is 5.32 Å². The van der Waals surface area contributed by atoms with Gasteiger partial charge in [-0.05, 0) is 31.0 Å². The molecule has 0 aliphatic heterocycles. The van der Waals surface area contributed by atoms with Crippen molar-refractivity contribution in [3.63, 3.8) is 0 Å². The van der Waals surface area contributed by atoms with E-state index in [2.05, 4.69) is 10.3 Å². The Morgan fingerprint density at radius 3 is 2.45 bits per heavy atom. The van der Waals surface area contributed by atoms with Crippen LogP contribution in [0.15, 0.2) is 42.6 Å². The fourth-order valence-corrected chi connectivity index (χ4v) is 2.27. The lowest BCUT2D eigenvalue weighted by molar-refractivity contribution is 0.0920. The minimum Gasteiger partial charge on any atom is -0.341 e. The summed E-state index contributed by atoms with van der Waals surface area (Å²) in [6.07, 6.45) is 2.61. The van der Waals surface area contributed by atoms with Crippen molar-refractivity contribution >= 4 is 5.91 Å². The zero-order valence-corrected chi connectivity index (χ0v) is 10.6. The number of pyridine rings is 1. The second-order valence-electron chi connectivity index (χ2n) is 4.85. The van der Waals surface area contributed by atoms with Gasteiger partial charge in [-0.2, -0.15) is 0 Å². The van der Waals surface area contributed by atoms with E-state index in [0.717, 1.165) is 0 Å². The van der Waals surface area contributed by atoms with Crippen molar-refractivity contribution in [3.8, 4) is 0 Å². The Balaban J connectivity index is 1.87. The van der Waals surface area contributed by atoms with Crippen molar-refractivity contribution < 1.29 is 13.6 Å². The van der Waals surface area contributed by atoms with Crippen LogP contribution in [0.4, 0.5) is 8.78 Å². The van der Waals surface area contributed by atoms with E-state index in [1.807, 2.05) is 0 Å². The molecule has 20 heavy (non-hydrogen) atoms. The number of nitrogens with one attached hydrogen (secondary N) is 1. The summed E-state index contributed by atoms with van der Waals surface area (Å²) in [7, 11) is 0. The van der Waals surface area contributed by atoms with E-state index in [1.165, 1.54) is 24.4 Å². The van der Waals surface area contributed by atoms with Crippen LogP contribution in [-0.2, 0) is 5.54 Å². The number of hydrogen-bond donors (Lipinski definition) is 1. The third-order valence-corrected chi connectivity index (χ3v) is 3.47. The van der Waals surface area contributed by atoms with E-state index in [-0.39, 0.29) is 11.5 Å². The molecule has 1 aliphatic carbocycles. The van der Waals surface area contributed by atoms with Crippen molar-refractivity contribution in [1.29, 1.82) is 0 Å². The minimum absolute atomic E-state index is 0.268. The summed E-state index contributed by atoms with van der Waals surface area (Å²) in [5.41, 5.74) is -0.563. The number of nitrogens with zero attached hydrogens (tertiary/aromatic N) is 1. The Hall–Kier alpha value is -2.30. The summed E-state index contributed by atoms with van der Waals surface area (Å²) < 4.78 is 27.3. The second-order valence-corrected chi connectivity index (χ2v) is 4.85. The largest absolute Gasteiger partial charge is 0.341 e. The number of carbonyl (C=O) groups excluding carboxylic acids is 1. The molecule has 5 heteroatoms. The smallest absolute Gasteiger partial charge is 0.273 e. The maximum Gasteiger partial charge on any atom is 0.273 e. The molecule has 1 fully saturated rings. The molecule has 0 unspecified atom stereocenters. The van der Waals surface area contributed by atoms with Gasteiger partial charge in [0.15, 0.2) is 11.5 Å². The molecule has 3 nitrogen and oxygen atoms in total. The summed E-state index contributed by atoms with van der Waals surface area (Å²) in [6, 6.07) is 8.88. The van der Waals surface area contributed by atoms with Crippen molar-refractivity contribution in [2.45, 2.75) is 18.4 Å². The maximum absolute atomic E-state index is 13.8. The Morgan fingerprint density at radius 2 is 1.80 bits per heavy atom. The van der Waals surface area contributed by atoms with Crippen molar-refractivity contribution in [3.05, 3.63) is 65.5 Å². The highest BCUT2D eigenvalue weighted by Gasteiger charge is 2.47. The van der Waals surface area contributed by atoms with Crippen LogP contribution in [0.25, 0.3) is 0 Å². The minimum atomic E-state index is -0.730. The molecule has 0 atom stereocenters. The highest BCUT2D eigenvalue weighted by atomic mass is 19.1. The normalized spacial score (nSPS) is 15.7. The molecule has 0 radical (unpaired) electrons. The summed E-state index contributed by atoms with van der Waals surface area (Å²) >= 11 is 0. The third kappa shape index (κ3) is 2.15. The predicted octanol–water partition coefficient (Wildman–Crippen LogP) is 2.78. The van der Waals surface area contributed by atoms with E-state index in [9.17, 15) is 13.6 Å². The van der Waals surface area contributed by atoms with Crippen LogP contribution in [0.2, 0.25) is 0 Å². The number of hydrogen-bond acceptors (Lipinski definition) is 2. The van der Waals surface area contributed by atoms with Crippen molar-refractivity contribution in [2.24, 2.45) is 0 Å². The summed E-state index contributed by atoms with van der Waals surface area (Å²) in [6.45, 7) is 0. The van der Waals surface area contributed by atoms with Crippen LogP contribution in [0.3, 0.4) is 0 Å². The van der Waals surface area contributed by atoms with Gasteiger partial charge in [0.05, 0.1) is 5.54 Å². The molecule has 1 saturated carbocycles. The predicted molar refractivity (Wildman–Crippen MR) is 69.0 cm³/mol. The van der Waals surface area contributed by atoms with Crippen molar-refractivity contribution in [1.82, 2.24) is 10.3 Å². The van der Waals surface area contributed by atoms with E-state index < -0.39 is 17.3 Å². The molecule has 3 rings (SSSR count). The molecule has 1 aromatic carbocycles. The summed E-state index contributed by atoms with van der Waals surface area (Å²) in [4.78, 5) is 15.8. The fourth-order valence-electron chi connectivity index (χ4n) is 2.27. The first-order valence-electron chi connectivity index (χ1n) is 6.30. The van der Waals surface area contributed by atoms with Crippen LogP contribution < -0.4 is 5.32 Å². The monoisotopic (exact) mass is 274 g/mol. The van der Waals surface area contributed by atoms with E-state index in [0.29, 0.717) is 18.4 Å². The van der Waals surface area contributed by atoms with Gasteiger partial charge in [-0.1, -0.05) is 18.2 Å². The van der Waals surface area contributed by atoms with Gasteiger partial charge in [0, 0.05) is 11.8 Å². The number of halogens is 2. The van der Waals surface area contributed by atoms with Crippen LogP contribution in [0, 0.1) is 11.6 Å². The SMILES string of the molecule is O=C(NC1(c2ccccc2F)CC1)c1ncccc1F. The number of aromatic nitrogens is 1. The highest BCUT2D eigenvalue weighted by Crippen LogP contribution is 2.46. The maximum atomic E-state index is 13.8. The summed E-state index contributed by atoms with van der Waals surface area (Å²) in [5, 5.41) is 2.70. The quantitative estimate of drug-likeness (QED) is 0.935. The molecule has 1 N–H and O–H groups in total. The van der Waals surface area contributed by atoms with Gasteiger partial charge in [0.1, 0.15) is 5.82 Å². The Bertz CT molecular complexity index is 668. The molecule has 0 spiro atoms. The number of benzene rings is 1. The molecular weight excluding hydrogens is 262 g/mol. The molecule has 1 amide bonds. The zero-order chi connectivity index (χ0) is 14.2. The first-order valence-corrected chi connectivity index (χ1v) is 6.30. The summed E-state index contributed by atoms with van der Waals surface area (Å²) in [5.74, 6) is -1.68. The van der Waals surface area contributed by atoms with Gasteiger partial charge in [-0.25, -0.2) is 13.8 Å². The average molecular weight is 274 g/mol. The lowest BCUT2D eigenvalue weighted by Crippen LogP contribution is -2.36. The van der Waals surface area contributed by atoms with E-state index in [4.69, 9.17) is 0 Å². The standard InChI is InChI=1S/C15H12F2N2O/c16-11-5-2-1-4-10(11)15(7-8-15)19-14(20)13-12(17)6-3-9-18-13/h1-6,9H,7-8H2,(H,19,20). The third-order valence-electron chi connectivity index (χ3n) is 3.47. The molecule has 0 saturated heterocycles. The van der Waals surface area contributed by atoms with Gasteiger partial charge in [0.2, 0.25) is 0 Å². The van der Waals surface area contributed by atoms with E-state index >= 15 is 0 Å².